The molecule has 2 rings (SSSR count). The summed E-state index contributed by atoms with van der Waals surface area (Å²) in [5.41, 5.74) is -1.02. The van der Waals surface area contributed by atoms with Gasteiger partial charge >= 0.3 is 12.1 Å². The number of rotatable bonds is 2. The Morgan fingerprint density at radius 3 is 2.38 bits per heavy atom. The lowest BCUT2D eigenvalue weighted by molar-refractivity contribution is -0.138. The minimum Gasteiger partial charge on any atom is -0.491 e. The fourth-order valence-electron chi connectivity index (χ4n) is 1.83. The Hall–Kier alpha value is -1.90. The lowest BCUT2D eigenvalue weighted by Crippen LogP contribution is -2.32. The minimum absolute atomic E-state index is 0.0146. The van der Waals surface area contributed by atoms with Crippen LogP contribution in [-0.2, 0) is 20.5 Å². The number of nitrogens with zero attached hydrogens (tertiary/aromatic N) is 2. The van der Waals surface area contributed by atoms with Crippen molar-refractivity contribution in [2.75, 3.05) is 12.0 Å². The third-order valence-electron chi connectivity index (χ3n) is 2.84. The number of hydrogen-bond acceptors (Lipinski definition) is 4. The summed E-state index contributed by atoms with van der Waals surface area (Å²) in [5.74, 6) is -2.23. The number of pyridine rings is 1. The summed E-state index contributed by atoms with van der Waals surface area (Å²) in [7, 11) is 1.20. The van der Waals surface area contributed by atoms with E-state index in [2.05, 4.69) is 20.9 Å². The summed E-state index contributed by atoms with van der Waals surface area (Å²) in [4.78, 5) is 28.2. The van der Waals surface area contributed by atoms with Crippen LogP contribution in [0.25, 0.3) is 0 Å². The molecule has 2 amide bonds. The molecule has 5 nitrogen and oxygen atoms in total. The van der Waals surface area contributed by atoms with E-state index in [1.807, 2.05) is 0 Å². The first-order chi connectivity index (χ1) is 9.68. The molecule has 0 fully saturated rings. The van der Waals surface area contributed by atoms with Gasteiger partial charge < -0.3 is 4.74 Å². The van der Waals surface area contributed by atoms with Crippen LogP contribution >= 0.6 is 15.9 Å². The first-order valence-corrected chi connectivity index (χ1v) is 6.34. The van der Waals surface area contributed by atoms with Crippen LogP contribution in [0.15, 0.2) is 28.1 Å². The van der Waals surface area contributed by atoms with Crippen molar-refractivity contribution in [3.8, 4) is 0 Å². The number of methoxy groups -OCH3 is 1. The zero-order chi connectivity index (χ0) is 15.9. The second kappa shape index (κ2) is 5.14. The third-order valence-corrected chi connectivity index (χ3v) is 3.47. The molecule has 2 heterocycles. The standard InChI is InChI=1S/C12H8BrF3N2O3/c1-5-9(21-2)11(20)18(10(5)19)8-3-6(12(14,15)16)7(13)4-17-8/h3-4H,1-2H3. The molecule has 0 aromatic carbocycles. The SMILES string of the molecule is COC1=C(C)C(=O)N(c2cc(C(F)(F)F)c(Br)cn2)C1=O. The Balaban J connectivity index is 2.51. The molecule has 9 heteroatoms. The number of ether oxygens (including phenoxy) is 1. The Labute approximate surface area is 125 Å². The van der Waals surface area contributed by atoms with Gasteiger partial charge in [-0.3, -0.25) is 9.59 Å². The zero-order valence-corrected chi connectivity index (χ0v) is 12.4. The quantitative estimate of drug-likeness (QED) is 0.757. The second-order valence-corrected chi connectivity index (χ2v) is 4.98. The van der Waals surface area contributed by atoms with Gasteiger partial charge in [0.2, 0.25) is 0 Å². The topological polar surface area (TPSA) is 59.5 Å². The molecule has 1 aliphatic rings. The zero-order valence-electron chi connectivity index (χ0n) is 10.8. The van der Waals surface area contributed by atoms with Crippen LogP contribution in [0.3, 0.4) is 0 Å². The predicted octanol–water partition coefficient (Wildman–Crippen LogP) is 2.66. The summed E-state index contributed by atoms with van der Waals surface area (Å²) in [6.07, 6.45) is -3.76. The summed E-state index contributed by atoms with van der Waals surface area (Å²) in [6.45, 7) is 1.35. The molecular weight excluding hydrogens is 357 g/mol. The molecule has 0 radical (unpaired) electrons. The van der Waals surface area contributed by atoms with Crippen LogP contribution in [0.1, 0.15) is 12.5 Å². The van der Waals surface area contributed by atoms with Gasteiger partial charge in [0.15, 0.2) is 5.76 Å². The third kappa shape index (κ3) is 2.53. The van der Waals surface area contributed by atoms with E-state index >= 15 is 0 Å². The van der Waals surface area contributed by atoms with Crippen LogP contribution in [0.5, 0.6) is 0 Å². The highest BCUT2D eigenvalue weighted by atomic mass is 79.9. The Bertz CT molecular complexity index is 670. The van der Waals surface area contributed by atoms with E-state index in [4.69, 9.17) is 4.74 Å². The summed E-state index contributed by atoms with van der Waals surface area (Å²) < 4.78 is 43.0. The second-order valence-electron chi connectivity index (χ2n) is 4.12. The highest BCUT2D eigenvalue weighted by molar-refractivity contribution is 9.10. The van der Waals surface area contributed by atoms with Gasteiger partial charge in [-0.2, -0.15) is 13.2 Å². The molecule has 1 aromatic heterocycles. The maximum absolute atomic E-state index is 12.8. The number of alkyl halides is 3. The van der Waals surface area contributed by atoms with Gasteiger partial charge in [-0.1, -0.05) is 0 Å². The average molecular weight is 365 g/mol. The number of imide groups is 1. The fourth-order valence-corrected chi connectivity index (χ4v) is 2.28. The van der Waals surface area contributed by atoms with E-state index in [-0.39, 0.29) is 15.8 Å². The Morgan fingerprint density at radius 1 is 1.29 bits per heavy atom. The summed E-state index contributed by atoms with van der Waals surface area (Å²) in [6, 6.07) is 0.631. The van der Waals surface area contributed by atoms with E-state index in [0.29, 0.717) is 11.0 Å². The van der Waals surface area contributed by atoms with E-state index in [1.165, 1.54) is 14.0 Å². The monoisotopic (exact) mass is 364 g/mol. The lowest BCUT2D eigenvalue weighted by Gasteiger charge is -2.16. The van der Waals surface area contributed by atoms with Crippen molar-refractivity contribution in [1.82, 2.24) is 4.98 Å². The lowest BCUT2D eigenvalue weighted by atomic mass is 10.2. The molecule has 0 atom stereocenters. The van der Waals surface area contributed by atoms with Crippen LogP contribution in [0.4, 0.5) is 19.0 Å². The number of aromatic nitrogens is 1. The van der Waals surface area contributed by atoms with E-state index < -0.39 is 29.4 Å². The number of amides is 2. The molecule has 112 valence electrons. The van der Waals surface area contributed by atoms with Crippen molar-refractivity contribution in [2.24, 2.45) is 0 Å². The van der Waals surface area contributed by atoms with Crippen molar-refractivity contribution in [3.63, 3.8) is 0 Å². The molecule has 0 saturated carbocycles. The van der Waals surface area contributed by atoms with Crippen molar-refractivity contribution in [1.29, 1.82) is 0 Å². The fraction of sp³-hybridized carbons (Fsp3) is 0.250. The van der Waals surface area contributed by atoms with Crippen molar-refractivity contribution in [2.45, 2.75) is 13.1 Å². The van der Waals surface area contributed by atoms with Crippen molar-refractivity contribution < 1.29 is 27.5 Å². The van der Waals surface area contributed by atoms with E-state index in [1.54, 1.807) is 0 Å². The van der Waals surface area contributed by atoms with E-state index in [0.717, 1.165) is 6.20 Å². The molecule has 0 unspecified atom stereocenters. The normalized spacial score (nSPS) is 16.0. The van der Waals surface area contributed by atoms with Crippen LogP contribution in [0.2, 0.25) is 0 Å². The highest BCUT2D eigenvalue weighted by Gasteiger charge is 2.41. The van der Waals surface area contributed by atoms with Gasteiger partial charge in [-0.25, -0.2) is 9.88 Å². The maximum atomic E-state index is 12.8. The first-order valence-electron chi connectivity index (χ1n) is 5.55. The first kappa shape index (κ1) is 15.5. The highest BCUT2D eigenvalue weighted by Crippen LogP contribution is 2.37. The van der Waals surface area contributed by atoms with Gasteiger partial charge in [0.25, 0.3) is 5.91 Å². The smallest absolute Gasteiger partial charge is 0.417 e. The van der Waals surface area contributed by atoms with Gasteiger partial charge in [-0.15, -0.1) is 0 Å². The summed E-state index contributed by atoms with van der Waals surface area (Å²) >= 11 is 2.74. The molecular formula is C12H8BrF3N2O3. The summed E-state index contributed by atoms with van der Waals surface area (Å²) in [5, 5.41) is 0. The number of carbonyl (C=O) groups excluding carboxylic acids is 2. The Kier molecular flexibility index (Phi) is 3.79. The largest absolute Gasteiger partial charge is 0.491 e. The molecule has 0 saturated heterocycles. The number of hydrogen-bond donors (Lipinski definition) is 0. The van der Waals surface area contributed by atoms with Gasteiger partial charge in [0, 0.05) is 10.7 Å². The minimum atomic E-state index is -4.64. The molecule has 0 bridgehead atoms. The molecule has 0 N–H and O–H groups in total. The van der Waals surface area contributed by atoms with Crippen LogP contribution in [-0.4, -0.2) is 23.9 Å². The van der Waals surface area contributed by atoms with Gasteiger partial charge in [0.1, 0.15) is 5.82 Å². The maximum Gasteiger partial charge on any atom is 0.417 e. The number of halogens is 4. The number of anilines is 1. The van der Waals surface area contributed by atoms with Crippen LogP contribution in [0, 0.1) is 0 Å². The van der Waals surface area contributed by atoms with Crippen molar-refractivity contribution >= 4 is 33.6 Å². The molecule has 1 aliphatic heterocycles. The molecule has 1 aromatic rings. The predicted molar refractivity (Wildman–Crippen MR) is 69.1 cm³/mol. The van der Waals surface area contributed by atoms with E-state index in [9.17, 15) is 22.8 Å². The van der Waals surface area contributed by atoms with Crippen LogP contribution < -0.4 is 4.90 Å². The average Bonchev–Trinajstić information content (AvgIpc) is 2.60. The van der Waals surface area contributed by atoms with Gasteiger partial charge in [-0.05, 0) is 28.9 Å². The van der Waals surface area contributed by atoms with Gasteiger partial charge in [0.05, 0.1) is 18.2 Å². The molecule has 0 spiro atoms. The number of carbonyl (C=O) groups is 2. The molecule has 21 heavy (non-hydrogen) atoms. The Morgan fingerprint density at radius 2 is 1.90 bits per heavy atom. The molecule has 0 aliphatic carbocycles. The van der Waals surface area contributed by atoms with Crippen molar-refractivity contribution in [3.05, 3.63) is 33.6 Å².